The van der Waals surface area contributed by atoms with Crippen molar-refractivity contribution in [3.63, 3.8) is 0 Å². The lowest BCUT2D eigenvalue weighted by Gasteiger charge is -2.32. The second kappa shape index (κ2) is 7.95. The number of nitrogens with one attached hydrogen (secondary N) is 1. The van der Waals surface area contributed by atoms with Crippen LogP contribution in [0.5, 0.6) is 0 Å². The molecule has 0 bridgehead atoms. The number of carbonyl (C=O) groups excluding carboxylic acids is 1. The number of aromatic nitrogens is 1. The van der Waals surface area contributed by atoms with Gasteiger partial charge < -0.3 is 10.2 Å². The molecule has 0 atom stereocenters. The fraction of sp³-hybridized carbons (Fsp3) is 0.400. The van der Waals surface area contributed by atoms with Crippen LogP contribution in [0.25, 0.3) is 0 Å². The van der Waals surface area contributed by atoms with Crippen LogP contribution in [0.15, 0.2) is 48.7 Å². The molecule has 126 valence electrons. The topological polar surface area (TPSA) is 45.2 Å². The van der Waals surface area contributed by atoms with Gasteiger partial charge in [-0.3, -0.25) is 4.79 Å². The number of nitrogens with zero attached hydrogens (tertiary/aromatic N) is 2. The van der Waals surface area contributed by atoms with E-state index in [2.05, 4.69) is 28.2 Å². The molecule has 0 spiro atoms. The molecule has 1 aliphatic heterocycles. The monoisotopic (exact) mass is 323 g/mol. The quantitative estimate of drug-likeness (QED) is 0.918. The predicted molar refractivity (Wildman–Crippen MR) is 97.3 cm³/mol. The molecule has 0 saturated carbocycles. The third-order valence-electron chi connectivity index (χ3n) is 4.76. The Hall–Kier alpha value is -2.36. The number of amides is 1. The fourth-order valence-electron chi connectivity index (χ4n) is 3.14. The van der Waals surface area contributed by atoms with Crippen molar-refractivity contribution in [1.82, 2.24) is 10.3 Å². The maximum Gasteiger partial charge on any atom is 0.251 e. The largest absolute Gasteiger partial charge is 0.357 e. The average Bonchev–Trinajstić information content (AvgIpc) is 2.67. The van der Waals surface area contributed by atoms with Gasteiger partial charge in [-0.05, 0) is 55.0 Å². The maximum absolute atomic E-state index is 12.2. The molecule has 24 heavy (non-hydrogen) atoms. The summed E-state index contributed by atoms with van der Waals surface area (Å²) in [6, 6.07) is 13.9. The number of pyridine rings is 1. The molecular weight excluding hydrogens is 298 g/mol. The van der Waals surface area contributed by atoms with Gasteiger partial charge in [0.25, 0.3) is 5.91 Å². The summed E-state index contributed by atoms with van der Waals surface area (Å²) in [5, 5.41) is 3.09. The number of hydrogen-bond acceptors (Lipinski definition) is 3. The number of carbonyl (C=O) groups is 1. The third kappa shape index (κ3) is 4.13. The van der Waals surface area contributed by atoms with Gasteiger partial charge in [0.15, 0.2) is 0 Å². The second-order valence-corrected chi connectivity index (χ2v) is 6.38. The minimum absolute atomic E-state index is 0.0322. The summed E-state index contributed by atoms with van der Waals surface area (Å²) in [5.41, 5.74) is 2.01. The van der Waals surface area contributed by atoms with E-state index < -0.39 is 0 Å². The standard InChI is InChI=1S/C20H25N3O/c1-2-16-6-8-18(9-7-16)20(24)22-15-17-10-13-23(14-11-17)19-5-3-4-12-21-19/h3-9,12,17H,2,10-11,13-15H2,1H3,(H,22,24). The van der Waals surface area contributed by atoms with Gasteiger partial charge in [0, 0.05) is 31.4 Å². The number of hydrogen-bond donors (Lipinski definition) is 1. The molecule has 1 fully saturated rings. The van der Waals surface area contributed by atoms with E-state index in [1.54, 1.807) is 0 Å². The van der Waals surface area contributed by atoms with Crippen LogP contribution in [0.3, 0.4) is 0 Å². The number of anilines is 1. The summed E-state index contributed by atoms with van der Waals surface area (Å²) in [6.07, 6.45) is 5.01. The van der Waals surface area contributed by atoms with E-state index in [9.17, 15) is 4.79 Å². The van der Waals surface area contributed by atoms with E-state index in [0.717, 1.165) is 50.3 Å². The molecule has 0 unspecified atom stereocenters. The van der Waals surface area contributed by atoms with Gasteiger partial charge in [-0.15, -0.1) is 0 Å². The van der Waals surface area contributed by atoms with Crippen molar-refractivity contribution in [2.75, 3.05) is 24.5 Å². The van der Waals surface area contributed by atoms with Crippen molar-refractivity contribution >= 4 is 11.7 Å². The summed E-state index contributed by atoms with van der Waals surface area (Å²) in [4.78, 5) is 19.0. The number of benzene rings is 1. The zero-order valence-electron chi connectivity index (χ0n) is 14.2. The maximum atomic E-state index is 12.2. The molecule has 1 amide bonds. The Balaban J connectivity index is 1.45. The smallest absolute Gasteiger partial charge is 0.251 e. The molecule has 1 aliphatic rings. The fourth-order valence-corrected chi connectivity index (χ4v) is 3.14. The Bertz CT molecular complexity index is 646. The number of piperidine rings is 1. The van der Waals surface area contributed by atoms with Crippen molar-refractivity contribution in [1.29, 1.82) is 0 Å². The van der Waals surface area contributed by atoms with Gasteiger partial charge in [0.05, 0.1) is 0 Å². The van der Waals surface area contributed by atoms with E-state index in [1.807, 2.05) is 42.6 Å². The lowest BCUT2D eigenvalue weighted by molar-refractivity contribution is 0.0945. The van der Waals surface area contributed by atoms with Crippen LogP contribution < -0.4 is 10.2 Å². The van der Waals surface area contributed by atoms with E-state index in [0.29, 0.717) is 5.92 Å². The molecule has 0 radical (unpaired) electrons. The molecule has 4 heteroatoms. The average molecular weight is 323 g/mol. The first kappa shape index (κ1) is 16.5. The molecule has 1 aromatic carbocycles. The highest BCUT2D eigenvalue weighted by Crippen LogP contribution is 2.21. The minimum Gasteiger partial charge on any atom is -0.357 e. The number of aryl methyl sites for hydroxylation is 1. The lowest BCUT2D eigenvalue weighted by Crippen LogP contribution is -2.39. The first-order valence-corrected chi connectivity index (χ1v) is 8.79. The molecule has 1 aromatic heterocycles. The van der Waals surface area contributed by atoms with Gasteiger partial charge in [0.1, 0.15) is 5.82 Å². The molecular formula is C20H25N3O. The van der Waals surface area contributed by atoms with Gasteiger partial charge in [-0.25, -0.2) is 4.98 Å². The predicted octanol–water partition coefficient (Wildman–Crippen LogP) is 3.29. The van der Waals surface area contributed by atoms with Gasteiger partial charge >= 0.3 is 0 Å². The zero-order chi connectivity index (χ0) is 16.8. The van der Waals surface area contributed by atoms with Crippen molar-refractivity contribution in [2.45, 2.75) is 26.2 Å². The van der Waals surface area contributed by atoms with Crippen molar-refractivity contribution < 1.29 is 4.79 Å². The summed E-state index contributed by atoms with van der Waals surface area (Å²) in [6.45, 7) is 4.88. The van der Waals surface area contributed by atoms with E-state index >= 15 is 0 Å². The molecule has 4 nitrogen and oxygen atoms in total. The molecule has 2 heterocycles. The molecule has 3 rings (SSSR count). The molecule has 0 aliphatic carbocycles. The van der Waals surface area contributed by atoms with Gasteiger partial charge in [-0.1, -0.05) is 25.1 Å². The normalized spacial score (nSPS) is 15.3. The zero-order valence-corrected chi connectivity index (χ0v) is 14.2. The van der Waals surface area contributed by atoms with E-state index in [-0.39, 0.29) is 5.91 Å². The SMILES string of the molecule is CCc1ccc(C(=O)NCC2CCN(c3ccccn3)CC2)cc1. The summed E-state index contributed by atoms with van der Waals surface area (Å²) >= 11 is 0. The summed E-state index contributed by atoms with van der Waals surface area (Å²) in [5.74, 6) is 1.63. The Morgan fingerprint density at radius 3 is 2.54 bits per heavy atom. The van der Waals surface area contributed by atoms with Gasteiger partial charge in [-0.2, -0.15) is 0 Å². The van der Waals surface area contributed by atoms with Crippen LogP contribution in [0, 0.1) is 5.92 Å². The minimum atomic E-state index is 0.0322. The highest BCUT2D eigenvalue weighted by molar-refractivity contribution is 5.94. The lowest BCUT2D eigenvalue weighted by atomic mass is 9.96. The second-order valence-electron chi connectivity index (χ2n) is 6.38. The molecule has 1 saturated heterocycles. The summed E-state index contributed by atoms with van der Waals surface area (Å²) < 4.78 is 0. The Morgan fingerprint density at radius 2 is 1.92 bits per heavy atom. The third-order valence-corrected chi connectivity index (χ3v) is 4.76. The molecule has 2 aromatic rings. The van der Waals surface area contributed by atoms with Crippen LogP contribution in [0.4, 0.5) is 5.82 Å². The van der Waals surface area contributed by atoms with Crippen LogP contribution in [0.1, 0.15) is 35.7 Å². The molecule has 1 N–H and O–H groups in total. The van der Waals surface area contributed by atoms with Crippen LogP contribution in [-0.2, 0) is 6.42 Å². The van der Waals surface area contributed by atoms with Crippen LogP contribution in [-0.4, -0.2) is 30.5 Å². The van der Waals surface area contributed by atoms with E-state index in [1.165, 1.54) is 5.56 Å². The first-order valence-electron chi connectivity index (χ1n) is 8.79. The highest BCUT2D eigenvalue weighted by Gasteiger charge is 2.20. The Kier molecular flexibility index (Phi) is 5.47. The first-order chi connectivity index (χ1) is 11.8. The van der Waals surface area contributed by atoms with Crippen LogP contribution >= 0.6 is 0 Å². The Morgan fingerprint density at radius 1 is 1.17 bits per heavy atom. The highest BCUT2D eigenvalue weighted by atomic mass is 16.1. The van der Waals surface area contributed by atoms with Crippen molar-refractivity contribution in [3.05, 3.63) is 59.8 Å². The van der Waals surface area contributed by atoms with Crippen molar-refractivity contribution in [3.8, 4) is 0 Å². The van der Waals surface area contributed by atoms with Crippen LogP contribution in [0.2, 0.25) is 0 Å². The van der Waals surface area contributed by atoms with Crippen molar-refractivity contribution in [2.24, 2.45) is 5.92 Å². The van der Waals surface area contributed by atoms with Gasteiger partial charge in [0.2, 0.25) is 0 Å². The number of rotatable bonds is 5. The summed E-state index contributed by atoms with van der Waals surface area (Å²) in [7, 11) is 0. The van der Waals surface area contributed by atoms with E-state index in [4.69, 9.17) is 0 Å². The Labute approximate surface area is 143 Å².